The predicted octanol–water partition coefficient (Wildman–Crippen LogP) is 1.72. The third-order valence-corrected chi connectivity index (χ3v) is 5.01. The molecule has 3 rings (SSSR count). The van der Waals surface area contributed by atoms with Gasteiger partial charge in [-0.3, -0.25) is 9.69 Å². The number of likely N-dealkylation sites (tertiary alicyclic amines) is 1. The lowest BCUT2D eigenvalue weighted by atomic mass is 10.1. The van der Waals surface area contributed by atoms with Gasteiger partial charge >= 0.3 is 0 Å². The van der Waals surface area contributed by atoms with Crippen molar-refractivity contribution >= 4 is 5.91 Å². The second-order valence-electron chi connectivity index (χ2n) is 7.29. The van der Waals surface area contributed by atoms with Crippen molar-refractivity contribution in [3.63, 3.8) is 0 Å². The summed E-state index contributed by atoms with van der Waals surface area (Å²) in [5, 5.41) is 0. The topological polar surface area (TPSA) is 58.8 Å². The van der Waals surface area contributed by atoms with Crippen LogP contribution in [0.25, 0.3) is 0 Å². The van der Waals surface area contributed by atoms with Crippen LogP contribution in [-0.4, -0.2) is 60.6 Å². The number of rotatable bonds is 4. The first-order chi connectivity index (χ1) is 11.5. The summed E-state index contributed by atoms with van der Waals surface area (Å²) in [5.74, 6) is 0.588. The average molecular weight is 331 g/mol. The first-order valence-corrected chi connectivity index (χ1v) is 9.01. The molecule has 0 spiro atoms. The summed E-state index contributed by atoms with van der Waals surface area (Å²) in [5.41, 5.74) is 7.73. The minimum absolute atomic E-state index is 0.131. The van der Waals surface area contributed by atoms with E-state index in [4.69, 9.17) is 10.5 Å². The number of nitrogens with zero attached hydrogens (tertiary/aromatic N) is 2. The number of ether oxygens (including phenoxy) is 1. The Labute approximate surface area is 144 Å². The van der Waals surface area contributed by atoms with Gasteiger partial charge < -0.3 is 15.4 Å². The lowest BCUT2D eigenvalue weighted by Gasteiger charge is -2.35. The molecule has 5 nitrogen and oxygen atoms in total. The molecule has 2 N–H and O–H groups in total. The number of carbonyl (C=O) groups excluding carboxylic acids is 1. The fourth-order valence-corrected chi connectivity index (χ4v) is 3.82. The van der Waals surface area contributed by atoms with Crippen LogP contribution >= 0.6 is 0 Å². The molecule has 0 aromatic heterocycles. The molecule has 2 saturated heterocycles. The van der Waals surface area contributed by atoms with Gasteiger partial charge in [0.15, 0.2) is 0 Å². The predicted molar refractivity (Wildman–Crippen MR) is 94.8 cm³/mol. The van der Waals surface area contributed by atoms with Crippen molar-refractivity contribution in [3.05, 3.63) is 35.4 Å². The van der Waals surface area contributed by atoms with Crippen LogP contribution in [0.4, 0.5) is 0 Å². The minimum Gasteiger partial charge on any atom is -0.373 e. The molecule has 0 bridgehead atoms. The summed E-state index contributed by atoms with van der Waals surface area (Å²) < 4.78 is 5.78. The maximum absolute atomic E-state index is 12.6. The van der Waals surface area contributed by atoms with Crippen LogP contribution in [0.15, 0.2) is 24.3 Å². The standard InChI is InChI=1S/C19H29N3O2/c1-14-10-21(11-15(2)24-14)12-16-3-5-18(6-4-16)19(23)22-8-7-17(9-20)13-22/h3-6,14-15,17H,7-13,20H2,1-2H3. The van der Waals surface area contributed by atoms with Crippen molar-refractivity contribution in [2.75, 3.05) is 32.7 Å². The van der Waals surface area contributed by atoms with E-state index < -0.39 is 0 Å². The van der Waals surface area contributed by atoms with Gasteiger partial charge in [-0.25, -0.2) is 0 Å². The molecule has 2 fully saturated rings. The van der Waals surface area contributed by atoms with E-state index >= 15 is 0 Å². The van der Waals surface area contributed by atoms with E-state index in [-0.39, 0.29) is 18.1 Å². The number of hydrogen-bond acceptors (Lipinski definition) is 4. The molecule has 1 aromatic rings. The first kappa shape index (κ1) is 17.4. The maximum Gasteiger partial charge on any atom is 0.253 e. The third-order valence-electron chi connectivity index (χ3n) is 5.01. The van der Waals surface area contributed by atoms with Crippen LogP contribution in [0.3, 0.4) is 0 Å². The van der Waals surface area contributed by atoms with E-state index in [0.29, 0.717) is 12.5 Å². The van der Waals surface area contributed by atoms with Crippen molar-refractivity contribution < 1.29 is 9.53 Å². The van der Waals surface area contributed by atoms with Gasteiger partial charge in [-0.05, 0) is 50.4 Å². The zero-order valence-corrected chi connectivity index (χ0v) is 14.8. The molecule has 2 aliphatic heterocycles. The zero-order chi connectivity index (χ0) is 17.1. The molecule has 132 valence electrons. The van der Waals surface area contributed by atoms with Gasteiger partial charge in [0.05, 0.1) is 12.2 Å². The Morgan fingerprint density at radius 2 is 1.83 bits per heavy atom. The fourth-order valence-electron chi connectivity index (χ4n) is 3.82. The highest BCUT2D eigenvalue weighted by Gasteiger charge is 2.26. The van der Waals surface area contributed by atoms with E-state index in [1.54, 1.807) is 0 Å². The Hall–Kier alpha value is -1.43. The van der Waals surface area contributed by atoms with Gasteiger partial charge in [-0.1, -0.05) is 12.1 Å². The molecule has 3 unspecified atom stereocenters. The van der Waals surface area contributed by atoms with Crippen LogP contribution in [0, 0.1) is 5.92 Å². The molecule has 1 amide bonds. The summed E-state index contributed by atoms with van der Waals surface area (Å²) in [4.78, 5) is 16.9. The lowest BCUT2D eigenvalue weighted by Crippen LogP contribution is -2.44. The van der Waals surface area contributed by atoms with Gasteiger partial charge in [-0.2, -0.15) is 0 Å². The van der Waals surface area contributed by atoms with Crippen LogP contribution in [-0.2, 0) is 11.3 Å². The van der Waals surface area contributed by atoms with Crippen LogP contribution in [0.1, 0.15) is 36.2 Å². The summed E-state index contributed by atoms with van der Waals surface area (Å²) in [6, 6.07) is 8.07. The Balaban J connectivity index is 1.58. The Bertz CT molecular complexity index is 550. The molecule has 2 aliphatic rings. The monoisotopic (exact) mass is 331 g/mol. The average Bonchev–Trinajstić information content (AvgIpc) is 3.03. The van der Waals surface area contributed by atoms with E-state index in [2.05, 4.69) is 30.9 Å². The number of nitrogens with two attached hydrogens (primary N) is 1. The van der Waals surface area contributed by atoms with Crippen molar-refractivity contribution in [2.45, 2.75) is 39.0 Å². The molecule has 0 aliphatic carbocycles. The summed E-state index contributed by atoms with van der Waals surface area (Å²) in [6.45, 7) is 9.35. The van der Waals surface area contributed by atoms with Gasteiger partial charge in [0.1, 0.15) is 0 Å². The van der Waals surface area contributed by atoms with Crippen molar-refractivity contribution in [2.24, 2.45) is 11.7 Å². The lowest BCUT2D eigenvalue weighted by molar-refractivity contribution is -0.0704. The van der Waals surface area contributed by atoms with E-state index in [1.807, 2.05) is 17.0 Å². The highest BCUT2D eigenvalue weighted by Crippen LogP contribution is 2.19. The molecule has 0 radical (unpaired) electrons. The van der Waals surface area contributed by atoms with Gasteiger partial charge in [-0.15, -0.1) is 0 Å². The summed E-state index contributed by atoms with van der Waals surface area (Å²) in [6.07, 6.45) is 1.58. The number of hydrogen-bond donors (Lipinski definition) is 1. The quantitative estimate of drug-likeness (QED) is 0.913. The molecular weight excluding hydrogens is 302 g/mol. The van der Waals surface area contributed by atoms with Crippen LogP contribution in [0.2, 0.25) is 0 Å². The largest absolute Gasteiger partial charge is 0.373 e. The second kappa shape index (κ2) is 7.64. The smallest absolute Gasteiger partial charge is 0.253 e. The summed E-state index contributed by atoms with van der Waals surface area (Å²) in [7, 11) is 0. The maximum atomic E-state index is 12.6. The Morgan fingerprint density at radius 3 is 2.42 bits per heavy atom. The van der Waals surface area contributed by atoms with E-state index in [0.717, 1.165) is 44.7 Å². The van der Waals surface area contributed by atoms with Crippen molar-refractivity contribution in [1.29, 1.82) is 0 Å². The highest BCUT2D eigenvalue weighted by atomic mass is 16.5. The molecule has 0 saturated carbocycles. The molecule has 24 heavy (non-hydrogen) atoms. The summed E-state index contributed by atoms with van der Waals surface area (Å²) >= 11 is 0. The molecular formula is C19H29N3O2. The van der Waals surface area contributed by atoms with Crippen molar-refractivity contribution in [1.82, 2.24) is 9.80 Å². The SMILES string of the molecule is CC1CN(Cc2ccc(C(=O)N3CCC(CN)C3)cc2)CC(C)O1. The molecule has 2 heterocycles. The second-order valence-corrected chi connectivity index (χ2v) is 7.29. The van der Waals surface area contributed by atoms with E-state index in [1.165, 1.54) is 5.56 Å². The third kappa shape index (κ3) is 4.15. The normalized spacial score (nSPS) is 28.3. The van der Waals surface area contributed by atoms with E-state index in [9.17, 15) is 4.79 Å². The highest BCUT2D eigenvalue weighted by molar-refractivity contribution is 5.94. The number of amides is 1. The van der Waals surface area contributed by atoms with Crippen LogP contribution in [0.5, 0.6) is 0 Å². The first-order valence-electron chi connectivity index (χ1n) is 9.01. The van der Waals surface area contributed by atoms with Crippen LogP contribution < -0.4 is 5.73 Å². The number of morpholine rings is 1. The Kier molecular flexibility index (Phi) is 5.54. The van der Waals surface area contributed by atoms with Crippen molar-refractivity contribution in [3.8, 4) is 0 Å². The van der Waals surface area contributed by atoms with Gasteiger partial charge in [0.25, 0.3) is 5.91 Å². The number of carbonyl (C=O) groups is 1. The molecule has 5 heteroatoms. The minimum atomic E-state index is 0.131. The zero-order valence-electron chi connectivity index (χ0n) is 14.8. The van der Waals surface area contributed by atoms with Gasteiger partial charge in [0, 0.05) is 38.3 Å². The van der Waals surface area contributed by atoms with Gasteiger partial charge in [0.2, 0.25) is 0 Å². The molecule has 1 aromatic carbocycles. The molecule has 3 atom stereocenters. The Morgan fingerprint density at radius 1 is 1.17 bits per heavy atom. The fraction of sp³-hybridized carbons (Fsp3) is 0.632. The number of benzene rings is 1.